The summed E-state index contributed by atoms with van der Waals surface area (Å²) in [6.45, 7) is 0. The Kier molecular flexibility index (Phi) is 4.50. The summed E-state index contributed by atoms with van der Waals surface area (Å²) in [5.41, 5.74) is -1.92. The summed E-state index contributed by atoms with van der Waals surface area (Å²) in [5, 5.41) is 17.6. The van der Waals surface area contributed by atoms with Crippen molar-refractivity contribution in [2.45, 2.75) is 88.1 Å². The van der Waals surface area contributed by atoms with Crippen molar-refractivity contribution >= 4 is 5.91 Å². The maximum Gasteiger partial charge on any atom is 0.433 e. The number of carbonyl (C=O) groups excluding carboxylic acids is 1. The number of nitrogens with zero attached hydrogens (tertiary/aromatic N) is 2. The molecule has 5 aliphatic rings. The zero-order chi connectivity index (χ0) is 20.4. The summed E-state index contributed by atoms with van der Waals surface area (Å²) in [6, 6.07) is -0.448. The van der Waals surface area contributed by atoms with Crippen LogP contribution in [0.15, 0.2) is 6.20 Å². The van der Waals surface area contributed by atoms with Crippen LogP contribution in [-0.2, 0) is 6.18 Å². The van der Waals surface area contributed by atoms with E-state index in [1.54, 1.807) is 0 Å². The Morgan fingerprint density at radius 1 is 1.14 bits per heavy atom. The molecule has 0 saturated heterocycles. The van der Waals surface area contributed by atoms with Gasteiger partial charge in [0.15, 0.2) is 5.69 Å². The third-order valence-electron chi connectivity index (χ3n) is 7.77. The van der Waals surface area contributed by atoms with E-state index < -0.39 is 23.4 Å². The van der Waals surface area contributed by atoms with Crippen molar-refractivity contribution in [3.8, 4) is 0 Å². The molecule has 1 aromatic heterocycles. The number of rotatable bonds is 3. The van der Waals surface area contributed by atoms with Crippen LogP contribution in [0.2, 0.25) is 0 Å². The van der Waals surface area contributed by atoms with Gasteiger partial charge in [-0.15, -0.1) is 0 Å². The first-order valence-corrected chi connectivity index (χ1v) is 10.9. The molecule has 5 fully saturated rings. The summed E-state index contributed by atoms with van der Waals surface area (Å²) in [4.78, 5) is 13.0. The first-order chi connectivity index (χ1) is 13.7. The zero-order valence-corrected chi connectivity index (χ0v) is 16.4. The number of aliphatic hydroxyl groups is 1. The SMILES string of the molecule is O=C(NC1C2CC3CC1CC(O)(C3)C2)c1cnn(C2CCCCC2)c1C(F)(F)F. The third-order valence-corrected chi connectivity index (χ3v) is 7.77. The molecule has 0 spiro atoms. The van der Waals surface area contributed by atoms with Crippen LogP contribution in [0, 0.1) is 17.8 Å². The number of hydrogen-bond acceptors (Lipinski definition) is 3. The number of halogens is 3. The fourth-order valence-corrected chi connectivity index (χ4v) is 6.86. The fraction of sp³-hybridized carbons (Fsp3) is 0.810. The molecular weight excluding hydrogens is 383 g/mol. The average Bonchev–Trinajstić information content (AvgIpc) is 3.10. The minimum absolute atomic E-state index is 0.151. The van der Waals surface area contributed by atoms with Gasteiger partial charge in [0, 0.05) is 6.04 Å². The molecule has 6 rings (SSSR count). The molecule has 0 aromatic carbocycles. The zero-order valence-electron chi connectivity index (χ0n) is 16.4. The second-order valence-corrected chi connectivity index (χ2v) is 9.83. The standard InChI is InChI=1S/C21H28F3N3O2/c22-21(23,24)18-16(11-25-27(18)15-4-2-1-3-5-15)19(28)26-17-13-6-12-7-14(17)10-20(29,8-12)9-13/h11-15,17,29H,1-10H2,(H,26,28). The molecule has 1 aromatic rings. The van der Waals surface area contributed by atoms with E-state index >= 15 is 0 Å². The molecule has 2 atom stereocenters. The highest BCUT2D eigenvalue weighted by Crippen LogP contribution is 2.55. The maximum atomic E-state index is 13.9. The predicted molar refractivity (Wildman–Crippen MR) is 99.1 cm³/mol. The van der Waals surface area contributed by atoms with Crippen LogP contribution >= 0.6 is 0 Å². The third kappa shape index (κ3) is 3.37. The van der Waals surface area contributed by atoms with E-state index in [1.807, 2.05) is 0 Å². The molecule has 0 radical (unpaired) electrons. The lowest BCUT2D eigenvalue weighted by molar-refractivity contribution is -0.145. The molecule has 8 heteroatoms. The van der Waals surface area contributed by atoms with Crippen molar-refractivity contribution in [2.24, 2.45) is 17.8 Å². The van der Waals surface area contributed by atoms with Gasteiger partial charge in [0.2, 0.25) is 0 Å². The van der Waals surface area contributed by atoms with Crippen molar-refractivity contribution < 1.29 is 23.1 Å². The van der Waals surface area contributed by atoms with Crippen LogP contribution in [-0.4, -0.2) is 32.4 Å². The van der Waals surface area contributed by atoms with Crippen molar-refractivity contribution in [1.82, 2.24) is 15.1 Å². The number of aromatic nitrogens is 2. The van der Waals surface area contributed by atoms with Gasteiger partial charge in [0.25, 0.3) is 5.91 Å². The Bertz CT molecular complexity index is 784. The highest BCUT2D eigenvalue weighted by Gasteiger charge is 2.55. The van der Waals surface area contributed by atoms with Crippen LogP contribution in [0.5, 0.6) is 0 Å². The van der Waals surface area contributed by atoms with Crippen molar-refractivity contribution in [3.63, 3.8) is 0 Å². The van der Waals surface area contributed by atoms with Crippen LogP contribution in [0.4, 0.5) is 13.2 Å². The molecule has 5 aliphatic carbocycles. The summed E-state index contributed by atoms with van der Waals surface area (Å²) >= 11 is 0. The summed E-state index contributed by atoms with van der Waals surface area (Å²) in [7, 11) is 0. The van der Waals surface area contributed by atoms with Gasteiger partial charge >= 0.3 is 6.18 Å². The number of carbonyl (C=O) groups is 1. The Morgan fingerprint density at radius 2 is 1.79 bits per heavy atom. The van der Waals surface area contributed by atoms with Gasteiger partial charge < -0.3 is 10.4 Å². The Hall–Kier alpha value is -1.57. The summed E-state index contributed by atoms with van der Waals surface area (Å²) in [6.07, 6.45) is 4.59. The number of amides is 1. The molecule has 2 N–H and O–H groups in total. The second-order valence-electron chi connectivity index (χ2n) is 9.83. The second kappa shape index (κ2) is 6.72. The number of alkyl halides is 3. The van der Waals surface area contributed by atoms with E-state index in [1.165, 1.54) is 0 Å². The van der Waals surface area contributed by atoms with E-state index in [0.717, 1.165) is 49.4 Å². The largest absolute Gasteiger partial charge is 0.433 e. The van der Waals surface area contributed by atoms with Crippen molar-refractivity contribution in [2.75, 3.05) is 0 Å². The molecule has 2 unspecified atom stereocenters. The van der Waals surface area contributed by atoms with Gasteiger partial charge in [0.1, 0.15) is 0 Å². The highest BCUT2D eigenvalue weighted by molar-refractivity contribution is 5.95. The van der Waals surface area contributed by atoms with E-state index in [4.69, 9.17) is 0 Å². The molecule has 5 saturated carbocycles. The fourth-order valence-electron chi connectivity index (χ4n) is 6.86. The maximum absolute atomic E-state index is 13.9. The van der Waals surface area contributed by atoms with Crippen LogP contribution < -0.4 is 5.32 Å². The van der Waals surface area contributed by atoms with Gasteiger partial charge in [-0.2, -0.15) is 18.3 Å². The highest BCUT2D eigenvalue weighted by atomic mass is 19.4. The van der Waals surface area contributed by atoms with Crippen LogP contribution in [0.25, 0.3) is 0 Å². The lowest BCUT2D eigenvalue weighted by Crippen LogP contribution is -2.61. The molecule has 4 bridgehead atoms. The minimum Gasteiger partial charge on any atom is -0.390 e. The Morgan fingerprint density at radius 3 is 2.38 bits per heavy atom. The normalized spacial score (nSPS) is 37.1. The van der Waals surface area contributed by atoms with Gasteiger partial charge in [0.05, 0.1) is 23.4 Å². The molecule has 160 valence electrons. The van der Waals surface area contributed by atoms with Gasteiger partial charge in [-0.3, -0.25) is 9.48 Å². The average molecular weight is 411 g/mol. The van der Waals surface area contributed by atoms with E-state index in [2.05, 4.69) is 10.4 Å². The van der Waals surface area contributed by atoms with Crippen LogP contribution in [0.3, 0.4) is 0 Å². The first kappa shape index (κ1) is 19.4. The van der Waals surface area contributed by atoms with E-state index in [9.17, 15) is 23.1 Å². The lowest BCUT2D eigenvalue weighted by Gasteiger charge is -2.58. The van der Waals surface area contributed by atoms with Crippen LogP contribution in [0.1, 0.15) is 86.3 Å². The molecule has 29 heavy (non-hydrogen) atoms. The Balaban J connectivity index is 1.39. The smallest absolute Gasteiger partial charge is 0.390 e. The number of nitrogens with one attached hydrogen (secondary N) is 1. The molecular formula is C21H28F3N3O2. The topological polar surface area (TPSA) is 67.2 Å². The minimum atomic E-state index is -4.63. The number of hydrogen-bond donors (Lipinski definition) is 2. The molecule has 1 amide bonds. The summed E-state index contributed by atoms with van der Waals surface area (Å²) < 4.78 is 42.8. The molecule has 0 aliphatic heterocycles. The summed E-state index contributed by atoms with van der Waals surface area (Å²) in [5.74, 6) is 0.102. The van der Waals surface area contributed by atoms with Gasteiger partial charge in [-0.1, -0.05) is 19.3 Å². The van der Waals surface area contributed by atoms with Crippen molar-refractivity contribution in [1.29, 1.82) is 0 Å². The molecule has 5 nitrogen and oxygen atoms in total. The van der Waals surface area contributed by atoms with E-state index in [-0.39, 0.29) is 29.5 Å². The first-order valence-electron chi connectivity index (χ1n) is 10.9. The predicted octanol–water partition coefficient (Wildman–Crippen LogP) is 4.08. The van der Waals surface area contributed by atoms with E-state index in [0.29, 0.717) is 31.6 Å². The van der Waals surface area contributed by atoms with Crippen molar-refractivity contribution in [3.05, 3.63) is 17.5 Å². The van der Waals surface area contributed by atoms with Gasteiger partial charge in [-0.05, 0) is 62.7 Å². The quantitative estimate of drug-likeness (QED) is 0.788. The van der Waals surface area contributed by atoms with Gasteiger partial charge in [-0.25, -0.2) is 0 Å². The molecule has 1 heterocycles. The lowest BCUT2D eigenvalue weighted by atomic mass is 9.52. The Labute approximate surface area is 168 Å². The monoisotopic (exact) mass is 411 g/mol.